The van der Waals surface area contributed by atoms with Gasteiger partial charge in [-0.3, -0.25) is 4.79 Å². The van der Waals surface area contributed by atoms with E-state index in [9.17, 15) is 4.79 Å². The average molecular weight is 265 g/mol. The number of carbonyl (C=O) groups is 1. The molecule has 0 aliphatic heterocycles. The molecule has 0 radical (unpaired) electrons. The minimum atomic E-state index is -0.247. The van der Waals surface area contributed by atoms with E-state index in [4.69, 9.17) is 4.74 Å². The van der Waals surface area contributed by atoms with E-state index in [1.165, 1.54) is 12.7 Å². The van der Waals surface area contributed by atoms with Gasteiger partial charge in [0.15, 0.2) is 0 Å². The van der Waals surface area contributed by atoms with Gasteiger partial charge >= 0.3 is 5.97 Å². The molecule has 0 unspecified atom stereocenters. The van der Waals surface area contributed by atoms with E-state index < -0.39 is 0 Å². The summed E-state index contributed by atoms with van der Waals surface area (Å²) in [5.41, 5.74) is 2.45. The van der Waals surface area contributed by atoms with Crippen molar-refractivity contribution in [3.8, 4) is 5.75 Å². The summed E-state index contributed by atoms with van der Waals surface area (Å²) in [6.45, 7) is 5.29. The Morgan fingerprint density at radius 3 is 2.63 bits per heavy atom. The molecule has 1 rings (SSSR count). The third kappa shape index (κ3) is 4.91. The van der Waals surface area contributed by atoms with E-state index in [-0.39, 0.29) is 12.5 Å². The highest BCUT2D eigenvalue weighted by Crippen LogP contribution is 2.24. The second-order valence-electron chi connectivity index (χ2n) is 4.73. The van der Waals surface area contributed by atoms with Crippen LogP contribution >= 0.6 is 0 Å². The number of nitrogens with one attached hydrogen (secondary N) is 1. The average Bonchev–Trinajstić information content (AvgIpc) is 2.42. The van der Waals surface area contributed by atoms with E-state index in [0.717, 1.165) is 17.7 Å². The first-order chi connectivity index (χ1) is 9.08. The van der Waals surface area contributed by atoms with Crippen LogP contribution in [0.15, 0.2) is 18.2 Å². The maximum Gasteiger partial charge on any atom is 0.319 e. The van der Waals surface area contributed by atoms with E-state index in [1.54, 1.807) is 7.11 Å². The van der Waals surface area contributed by atoms with Crippen molar-refractivity contribution in [2.24, 2.45) is 0 Å². The van der Waals surface area contributed by atoms with Gasteiger partial charge in [-0.2, -0.15) is 0 Å². The molecule has 19 heavy (non-hydrogen) atoms. The SMILES string of the molecule is COC(=O)CNCCc1cc(C(C)C)ccc1OC. The molecular formula is C15H23NO3. The number of benzene rings is 1. The highest BCUT2D eigenvalue weighted by Gasteiger charge is 2.07. The van der Waals surface area contributed by atoms with Gasteiger partial charge in [-0.05, 0) is 36.1 Å². The number of methoxy groups -OCH3 is 2. The van der Waals surface area contributed by atoms with Gasteiger partial charge in [-0.25, -0.2) is 0 Å². The highest BCUT2D eigenvalue weighted by molar-refractivity contribution is 5.71. The fraction of sp³-hybridized carbons (Fsp3) is 0.533. The monoisotopic (exact) mass is 265 g/mol. The van der Waals surface area contributed by atoms with Crippen molar-refractivity contribution in [2.45, 2.75) is 26.2 Å². The lowest BCUT2D eigenvalue weighted by molar-refractivity contribution is -0.139. The molecule has 0 bridgehead atoms. The van der Waals surface area contributed by atoms with Crippen molar-refractivity contribution in [1.82, 2.24) is 5.32 Å². The lowest BCUT2D eigenvalue weighted by Gasteiger charge is -2.13. The van der Waals surface area contributed by atoms with Crippen LogP contribution < -0.4 is 10.1 Å². The standard InChI is InChI=1S/C15H23NO3/c1-11(2)12-5-6-14(18-3)13(9-12)7-8-16-10-15(17)19-4/h5-6,9,11,16H,7-8,10H2,1-4H3. The zero-order chi connectivity index (χ0) is 14.3. The van der Waals surface area contributed by atoms with Gasteiger partial charge < -0.3 is 14.8 Å². The quantitative estimate of drug-likeness (QED) is 0.606. The molecule has 0 saturated heterocycles. The summed E-state index contributed by atoms with van der Waals surface area (Å²) in [6.07, 6.45) is 0.820. The Balaban J connectivity index is 2.60. The van der Waals surface area contributed by atoms with Gasteiger partial charge in [0.2, 0.25) is 0 Å². The fourth-order valence-electron chi connectivity index (χ4n) is 1.84. The third-order valence-electron chi connectivity index (χ3n) is 3.04. The molecule has 0 heterocycles. The zero-order valence-electron chi connectivity index (χ0n) is 12.2. The number of carbonyl (C=O) groups excluding carboxylic acids is 1. The summed E-state index contributed by atoms with van der Waals surface area (Å²) in [5.74, 6) is 1.14. The number of rotatable bonds is 7. The molecule has 0 aromatic heterocycles. The van der Waals surface area contributed by atoms with Gasteiger partial charge in [0.05, 0.1) is 20.8 Å². The van der Waals surface area contributed by atoms with E-state index in [2.05, 4.69) is 36.0 Å². The van der Waals surface area contributed by atoms with Crippen LogP contribution in [0.25, 0.3) is 0 Å². The van der Waals surface area contributed by atoms with Gasteiger partial charge in [0, 0.05) is 0 Å². The summed E-state index contributed by atoms with van der Waals surface area (Å²) in [7, 11) is 3.06. The van der Waals surface area contributed by atoms with Gasteiger partial charge in [0.25, 0.3) is 0 Å². The van der Waals surface area contributed by atoms with Crippen LogP contribution in [0.4, 0.5) is 0 Å². The lowest BCUT2D eigenvalue weighted by Crippen LogP contribution is -2.25. The molecule has 1 aromatic carbocycles. The molecule has 0 atom stereocenters. The first-order valence-corrected chi connectivity index (χ1v) is 6.52. The molecule has 0 aliphatic rings. The van der Waals surface area contributed by atoms with Crippen LogP contribution in [0.1, 0.15) is 30.9 Å². The maximum atomic E-state index is 11.0. The van der Waals surface area contributed by atoms with Crippen molar-refractivity contribution in [2.75, 3.05) is 27.3 Å². The molecule has 0 aliphatic carbocycles. The van der Waals surface area contributed by atoms with Crippen molar-refractivity contribution in [3.63, 3.8) is 0 Å². The molecule has 0 fully saturated rings. The van der Waals surface area contributed by atoms with Gasteiger partial charge in [0.1, 0.15) is 5.75 Å². The van der Waals surface area contributed by atoms with Crippen LogP contribution in [0.5, 0.6) is 5.75 Å². The van der Waals surface area contributed by atoms with Crippen molar-refractivity contribution < 1.29 is 14.3 Å². The Hall–Kier alpha value is -1.55. The molecule has 4 nitrogen and oxygen atoms in total. The van der Waals surface area contributed by atoms with Crippen molar-refractivity contribution >= 4 is 5.97 Å². The van der Waals surface area contributed by atoms with E-state index in [0.29, 0.717) is 12.5 Å². The molecule has 4 heteroatoms. The predicted molar refractivity (Wildman–Crippen MR) is 75.7 cm³/mol. The fourth-order valence-corrected chi connectivity index (χ4v) is 1.84. The van der Waals surface area contributed by atoms with Crippen molar-refractivity contribution in [1.29, 1.82) is 0 Å². The Morgan fingerprint density at radius 2 is 2.05 bits per heavy atom. The van der Waals surface area contributed by atoms with E-state index >= 15 is 0 Å². The minimum absolute atomic E-state index is 0.239. The van der Waals surface area contributed by atoms with Crippen LogP contribution in [-0.4, -0.2) is 33.3 Å². The normalized spacial score (nSPS) is 10.6. The summed E-state index contributed by atoms with van der Waals surface area (Å²) in [4.78, 5) is 11.0. The molecular weight excluding hydrogens is 242 g/mol. The Kier molecular flexibility index (Phi) is 6.36. The maximum absolute atomic E-state index is 11.0. The van der Waals surface area contributed by atoms with Crippen molar-refractivity contribution in [3.05, 3.63) is 29.3 Å². The second-order valence-corrected chi connectivity index (χ2v) is 4.73. The number of hydrogen-bond acceptors (Lipinski definition) is 4. The smallest absolute Gasteiger partial charge is 0.319 e. The first kappa shape index (κ1) is 15.5. The van der Waals surface area contributed by atoms with E-state index in [1.807, 2.05) is 6.07 Å². The van der Waals surface area contributed by atoms with Crippen LogP contribution in [0.2, 0.25) is 0 Å². The molecule has 1 N–H and O–H groups in total. The molecule has 1 aromatic rings. The summed E-state index contributed by atoms with van der Waals surface area (Å²) >= 11 is 0. The lowest BCUT2D eigenvalue weighted by atomic mass is 9.99. The summed E-state index contributed by atoms with van der Waals surface area (Å²) < 4.78 is 9.93. The Labute approximate surface area is 115 Å². The largest absolute Gasteiger partial charge is 0.496 e. The third-order valence-corrected chi connectivity index (χ3v) is 3.04. The Bertz CT molecular complexity index is 416. The first-order valence-electron chi connectivity index (χ1n) is 6.52. The predicted octanol–water partition coefficient (Wildman–Crippen LogP) is 2.12. The van der Waals surface area contributed by atoms with Crippen LogP contribution in [0, 0.1) is 0 Å². The Morgan fingerprint density at radius 1 is 1.32 bits per heavy atom. The highest BCUT2D eigenvalue weighted by atomic mass is 16.5. The molecule has 0 spiro atoms. The van der Waals surface area contributed by atoms with Gasteiger partial charge in [-0.15, -0.1) is 0 Å². The van der Waals surface area contributed by atoms with Crippen LogP contribution in [0.3, 0.4) is 0 Å². The number of ether oxygens (including phenoxy) is 2. The minimum Gasteiger partial charge on any atom is -0.496 e. The molecule has 106 valence electrons. The summed E-state index contributed by atoms with van der Waals surface area (Å²) in [5, 5.41) is 3.05. The topological polar surface area (TPSA) is 47.6 Å². The zero-order valence-corrected chi connectivity index (χ0v) is 12.2. The number of esters is 1. The number of hydrogen-bond donors (Lipinski definition) is 1. The molecule has 0 saturated carbocycles. The second kappa shape index (κ2) is 7.79. The van der Waals surface area contributed by atoms with Crippen LogP contribution in [-0.2, 0) is 16.0 Å². The molecule has 0 amide bonds. The van der Waals surface area contributed by atoms with Gasteiger partial charge in [-0.1, -0.05) is 26.0 Å². The summed E-state index contributed by atoms with van der Waals surface area (Å²) in [6, 6.07) is 6.27.